The van der Waals surface area contributed by atoms with Gasteiger partial charge in [-0.15, -0.1) is 11.3 Å². The minimum Gasteiger partial charge on any atom is -0.453 e. The van der Waals surface area contributed by atoms with Crippen molar-refractivity contribution in [2.75, 3.05) is 0 Å². The molecule has 8 heteroatoms. The largest absolute Gasteiger partial charge is 0.453 e. The first-order valence-corrected chi connectivity index (χ1v) is 8.99. The molecule has 0 bridgehead atoms. The first-order valence-electron chi connectivity index (χ1n) is 8.17. The molecule has 1 unspecified atom stereocenters. The highest BCUT2D eigenvalue weighted by Crippen LogP contribution is 2.22. The fraction of sp³-hybridized carbons (Fsp3) is 0.529. The Bertz CT molecular complexity index is 693. The molecule has 1 aromatic heterocycles. The van der Waals surface area contributed by atoms with Crippen molar-refractivity contribution in [2.45, 2.75) is 58.6 Å². The lowest BCUT2D eigenvalue weighted by molar-refractivity contribution is -0.154. The van der Waals surface area contributed by atoms with Gasteiger partial charge in [0.25, 0.3) is 5.91 Å². The third-order valence-corrected chi connectivity index (χ3v) is 4.69. The van der Waals surface area contributed by atoms with Gasteiger partial charge in [-0.05, 0) is 39.7 Å². The number of hydrogen-bond donors (Lipinski definition) is 2. The van der Waals surface area contributed by atoms with Gasteiger partial charge in [-0.2, -0.15) is 0 Å². The van der Waals surface area contributed by atoms with Gasteiger partial charge in [0.15, 0.2) is 11.9 Å². The molecule has 1 atom stereocenters. The van der Waals surface area contributed by atoms with Crippen LogP contribution in [0, 0.1) is 13.8 Å². The summed E-state index contributed by atoms with van der Waals surface area (Å²) < 4.78 is 4.97. The molecule has 3 amide bonds. The third-order valence-electron chi connectivity index (χ3n) is 3.72. The van der Waals surface area contributed by atoms with Gasteiger partial charge in [0.2, 0.25) is 0 Å². The summed E-state index contributed by atoms with van der Waals surface area (Å²) in [4.78, 5) is 49.1. The number of carbonyl (C=O) groups is 4. The maximum atomic E-state index is 12.1. The van der Waals surface area contributed by atoms with E-state index in [1.54, 1.807) is 0 Å². The van der Waals surface area contributed by atoms with Crippen LogP contribution in [-0.2, 0) is 14.3 Å². The molecule has 7 nitrogen and oxygen atoms in total. The molecule has 1 heterocycles. The van der Waals surface area contributed by atoms with E-state index in [1.807, 2.05) is 19.9 Å². The zero-order valence-corrected chi connectivity index (χ0v) is 15.3. The molecule has 0 spiro atoms. The summed E-state index contributed by atoms with van der Waals surface area (Å²) in [5.74, 6) is -1.47. The zero-order valence-electron chi connectivity index (χ0n) is 14.5. The maximum absolute atomic E-state index is 12.1. The molecule has 0 aromatic carbocycles. The van der Waals surface area contributed by atoms with Gasteiger partial charge in [-0.25, -0.2) is 4.79 Å². The molecule has 25 heavy (non-hydrogen) atoms. The Balaban J connectivity index is 1.73. The van der Waals surface area contributed by atoms with Crippen molar-refractivity contribution >= 4 is 35.0 Å². The van der Waals surface area contributed by atoms with Crippen LogP contribution in [0.4, 0.5) is 4.79 Å². The van der Waals surface area contributed by atoms with Crippen LogP contribution in [0.15, 0.2) is 6.07 Å². The van der Waals surface area contributed by atoms with Gasteiger partial charge in [0, 0.05) is 27.8 Å². The molecule has 0 radical (unpaired) electrons. The van der Waals surface area contributed by atoms with E-state index < -0.39 is 24.0 Å². The Morgan fingerprint density at radius 1 is 1.24 bits per heavy atom. The zero-order chi connectivity index (χ0) is 18.6. The topological polar surface area (TPSA) is 102 Å². The van der Waals surface area contributed by atoms with E-state index >= 15 is 0 Å². The third kappa shape index (κ3) is 5.97. The number of hydrogen-bond acceptors (Lipinski definition) is 6. The van der Waals surface area contributed by atoms with Crippen molar-refractivity contribution in [2.24, 2.45) is 0 Å². The number of nitrogens with one attached hydrogen (secondary N) is 2. The highest BCUT2D eigenvalue weighted by atomic mass is 32.1. The molecule has 0 saturated heterocycles. The van der Waals surface area contributed by atoms with E-state index in [0.29, 0.717) is 5.56 Å². The van der Waals surface area contributed by atoms with Crippen molar-refractivity contribution in [3.8, 4) is 0 Å². The van der Waals surface area contributed by atoms with Gasteiger partial charge in [-0.1, -0.05) is 0 Å². The number of thiophene rings is 1. The Kier molecular flexibility index (Phi) is 6.30. The molecular weight excluding hydrogens is 344 g/mol. The summed E-state index contributed by atoms with van der Waals surface area (Å²) >= 11 is 1.53. The van der Waals surface area contributed by atoms with E-state index in [2.05, 4.69) is 10.6 Å². The average molecular weight is 366 g/mol. The van der Waals surface area contributed by atoms with Gasteiger partial charge in [-0.3, -0.25) is 19.7 Å². The first-order chi connectivity index (χ1) is 11.8. The summed E-state index contributed by atoms with van der Waals surface area (Å²) in [7, 11) is 0. The highest BCUT2D eigenvalue weighted by Gasteiger charge is 2.26. The minimum absolute atomic E-state index is 0.0202. The average Bonchev–Trinajstić information content (AvgIpc) is 3.26. The summed E-state index contributed by atoms with van der Waals surface area (Å²) in [5.41, 5.74) is 0.623. The number of Topliss-reactive ketones (excluding diaryl/α,β-unsaturated/α-hetero) is 1. The van der Waals surface area contributed by atoms with E-state index in [-0.39, 0.29) is 24.7 Å². The molecular formula is C17H22N2O5S. The predicted molar refractivity (Wildman–Crippen MR) is 92.6 cm³/mol. The van der Waals surface area contributed by atoms with Gasteiger partial charge < -0.3 is 10.1 Å². The Morgan fingerprint density at radius 3 is 2.48 bits per heavy atom. The minimum atomic E-state index is -1.10. The summed E-state index contributed by atoms with van der Waals surface area (Å²) in [5, 5.41) is 4.73. The first kappa shape index (κ1) is 19.1. The van der Waals surface area contributed by atoms with Crippen LogP contribution in [0.25, 0.3) is 0 Å². The van der Waals surface area contributed by atoms with E-state index in [4.69, 9.17) is 4.74 Å². The number of ether oxygens (including phenoxy) is 1. The van der Waals surface area contributed by atoms with Crippen molar-refractivity contribution in [3.63, 3.8) is 0 Å². The maximum Gasteiger partial charge on any atom is 0.321 e. The van der Waals surface area contributed by atoms with Crippen LogP contribution < -0.4 is 10.6 Å². The van der Waals surface area contributed by atoms with Crippen molar-refractivity contribution < 1.29 is 23.9 Å². The fourth-order valence-corrected chi connectivity index (χ4v) is 3.17. The number of rotatable bonds is 7. The van der Waals surface area contributed by atoms with Crippen molar-refractivity contribution in [1.82, 2.24) is 10.6 Å². The van der Waals surface area contributed by atoms with E-state index in [9.17, 15) is 19.2 Å². The molecule has 1 fully saturated rings. The fourth-order valence-electron chi connectivity index (χ4n) is 2.23. The SMILES string of the molecule is Cc1cc(C(=O)CCC(=O)OC(C)C(=O)NC(=O)NC2CC2)c(C)s1. The monoisotopic (exact) mass is 366 g/mol. The lowest BCUT2D eigenvalue weighted by Crippen LogP contribution is -2.45. The van der Waals surface area contributed by atoms with Crippen LogP contribution >= 0.6 is 11.3 Å². The quantitative estimate of drug-likeness (QED) is 0.569. The second-order valence-electron chi connectivity index (χ2n) is 6.12. The second-order valence-corrected chi connectivity index (χ2v) is 7.58. The summed E-state index contributed by atoms with van der Waals surface area (Å²) in [6.07, 6.45) is 0.621. The number of imide groups is 1. The Labute approximate surface area is 150 Å². The van der Waals surface area contributed by atoms with Crippen molar-refractivity contribution in [1.29, 1.82) is 0 Å². The number of ketones is 1. The number of esters is 1. The standard InChI is InChI=1S/C17H22N2O5S/c1-9-8-13(11(3)25-9)14(20)6-7-15(21)24-10(2)16(22)19-17(23)18-12-4-5-12/h8,10,12H,4-7H2,1-3H3,(H2,18,19,22,23). The van der Waals surface area contributed by atoms with Crippen molar-refractivity contribution in [3.05, 3.63) is 21.4 Å². The molecule has 2 N–H and O–H groups in total. The number of amides is 3. The second kappa shape index (κ2) is 8.24. The molecule has 1 aromatic rings. The molecule has 136 valence electrons. The van der Waals surface area contributed by atoms with Gasteiger partial charge >= 0.3 is 12.0 Å². The Morgan fingerprint density at radius 2 is 1.92 bits per heavy atom. The molecule has 1 aliphatic rings. The van der Waals surface area contributed by atoms with Crippen LogP contribution in [-0.4, -0.2) is 35.8 Å². The predicted octanol–water partition coefficient (Wildman–Crippen LogP) is 2.25. The lowest BCUT2D eigenvalue weighted by atomic mass is 10.1. The van der Waals surface area contributed by atoms with Crippen LogP contribution in [0.1, 0.15) is 52.7 Å². The smallest absolute Gasteiger partial charge is 0.321 e. The molecule has 1 saturated carbocycles. The molecule has 1 aliphatic carbocycles. The summed E-state index contributed by atoms with van der Waals surface area (Å²) in [6.45, 7) is 5.16. The lowest BCUT2D eigenvalue weighted by Gasteiger charge is -2.13. The normalized spacial score (nSPS) is 14.5. The molecule has 2 rings (SSSR count). The van der Waals surface area contributed by atoms with E-state index in [0.717, 1.165) is 22.6 Å². The number of urea groups is 1. The van der Waals surface area contributed by atoms with Crippen LogP contribution in [0.2, 0.25) is 0 Å². The van der Waals surface area contributed by atoms with E-state index in [1.165, 1.54) is 18.3 Å². The number of aryl methyl sites for hydroxylation is 2. The number of carbonyl (C=O) groups excluding carboxylic acids is 4. The summed E-state index contributed by atoms with van der Waals surface area (Å²) in [6, 6.07) is 1.34. The van der Waals surface area contributed by atoms with Gasteiger partial charge in [0.05, 0.1) is 6.42 Å². The van der Waals surface area contributed by atoms with Crippen LogP contribution in [0.5, 0.6) is 0 Å². The van der Waals surface area contributed by atoms with Crippen LogP contribution in [0.3, 0.4) is 0 Å². The highest BCUT2D eigenvalue weighted by molar-refractivity contribution is 7.12. The van der Waals surface area contributed by atoms with Gasteiger partial charge in [0.1, 0.15) is 0 Å². The molecule has 0 aliphatic heterocycles. The Hall–Kier alpha value is -2.22.